The average molecular weight is 350 g/mol. The number of carbonyl (C=O) groups excluding carboxylic acids is 1. The zero-order valence-electron chi connectivity index (χ0n) is 15.6. The van der Waals surface area contributed by atoms with Crippen molar-refractivity contribution < 1.29 is 4.79 Å². The second-order valence-electron chi connectivity index (χ2n) is 7.52. The molecule has 1 fully saturated rings. The Kier molecular flexibility index (Phi) is 4.62. The Labute approximate surface area is 155 Å². The zero-order valence-corrected chi connectivity index (χ0v) is 15.6. The topological polar surface area (TPSA) is 49.3 Å². The number of hydrogen-bond acceptors (Lipinski definition) is 4. The fourth-order valence-corrected chi connectivity index (χ4v) is 3.94. The van der Waals surface area contributed by atoms with Gasteiger partial charge in [-0.05, 0) is 50.2 Å². The van der Waals surface area contributed by atoms with Crippen LogP contribution in [0.3, 0.4) is 0 Å². The molecule has 1 aromatic carbocycles. The molecule has 0 atom stereocenters. The monoisotopic (exact) mass is 350 g/mol. The van der Waals surface area contributed by atoms with Crippen LogP contribution >= 0.6 is 0 Å². The number of fused-ring (bicyclic) bond motifs is 1. The van der Waals surface area contributed by atoms with E-state index in [1.54, 1.807) is 0 Å². The lowest BCUT2D eigenvalue weighted by molar-refractivity contribution is 0.0980. The van der Waals surface area contributed by atoms with E-state index in [-0.39, 0.29) is 5.91 Å². The van der Waals surface area contributed by atoms with Gasteiger partial charge in [-0.15, -0.1) is 0 Å². The fourth-order valence-electron chi connectivity index (χ4n) is 3.94. The van der Waals surface area contributed by atoms with E-state index in [0.717, 1.165) is 49.9 Å². The molecule has 3 heterocycles. The summed E-state index contributed by atoms with van der Waals surface area (Å²) >= 11 is 0. The molecule has 4 rings (SSSR count). The molecule has 0 saturated carbocycles. The van der Waals surface area contributed by atoms with Crippen molar-refractivity contribution in [3.05, 3.63) is 47.4 Å². The van der Waals surface area contributed by atoms with Crippen molar-refractivity contribution in [2.75, 3.05) is 29.4 Å². The van der Waals surface area contributed by atoms with Crippen molar-refractivity contribution in [3.8, 4) is 0 Å². The summed E-state index contributed by atoms with van der Waals surface area (Å²) in [6, 6.07) is 10.1. The minimum Gasteiger partial charge on any atom is -0.356 e. The highest BCUT2D eigenvalue weighted by Crippen LogP contribution is 2.29. The Morgan fingerprint density at radius 2 is 1.88 bits per heavy atom. The van der Waals surface area contributed by atoms with Crippen LogP contribution in [0.2, 0.25) is 0 Å². The normalized spacial score (nSPS) is 17.9. The van der Waals surface area contributed by atoms with Gasteiger partial charge in [-0.3, -0.25) is 4.79 Å². The molecule has 26 heavy (non-hydrogen) atoms. The predicted octanol–water partition coefficient (Wildman–Crippen LogP) is 3.61. The third-order valence-electron chi connectivity index (χ3n) is 5.51. The van der Waals surface area contributed by atoms with Crippen LogP contribution in [0.5, 0.6) is 0 Å². The maximum atomic E-state index is 13.2. The lowest BCUT2D eigenvalue weighted by atomic mass is 9.99. The summed E-state index contributed by atoms with van der Waals surface area (Å²) in [6.07, 6.45) is 4.36. The molecule has 0 radical (unpaired) electrons. The van der Waals surface area contributed by atoms with E-state index in [0.29, 0.717) is 11.5 Å². The molecule has 136 valence electrons. The number of nitrogens with zero attached hydrogens (tertiary/aromatic N) is 4. The highest BCUT2D eigenvalue weighted by Gasteiger charge is 2.26. The quantitative estimate of drug-likeness (QED) is 0.830. The zero-order chi connectivity index (χ0) is 18.1. The van der Waals surface area contributed by atoms with E-state index in [9.17, 15) is 4.79 Å². The largest absolute Gasteiger partial charge is 0.356 e. The number of aryl methyl sites for hydroxylation is 2. The Balaban J connectivity index is 1.63. The first-order chi connectivity index (χ1) is 12.6. The summed E-state index contributed by atoms with van der Waals surface area (Å²) in [6.45, 7) is 6.91. The molecule has 0 N–H and O–H groups in total. The molecule has 1 saturated heterocycles. The number of carbonyl (C=O) groups is 1. The summed E-state index contributed by atoms with van der Waals surface area (Å²) in [5, 5.41) is 0. The summed E-state index contributed by atoms with van der Waals surface area (Å²) in [5.41, 5.74) is 2.76. The highest BCUT2D eigenvalue weighted by atomic mass is 16.2. The van der Waals surface area contributed by atoms with Crippen LogP contribution in [-0.2, 0) is 6.42 Å². The van der Waals surface area contributed by atoms with Gasteiger partial charge in [-0.1, -0.05) is 25.1 Å². The maximum Gasteiger partial charge on any atom is 0.277 e. The van der Waals surface area contributed by atoms with E-state index >= 15 is 0 Å². The molecule has 0 unspecified atom stereocenters. The van der Waals surface area contributed by atoms with Crippen molar-refractivity contribution >= 4 is 17.4 Å². The van der Waals surface area contributed by atoms with Gasteiger partial charge in [0.1, 0.15) is 17.3 Å². The van der Waals surface area contributed by atoms with Gasteiger partial charge >= 0.3 is 0 Å². The second-order valence-corrected chi connectivity index (χ2v) is 7.52. The van der Waals surface area contributed by atoms with Crippen LogP contribution in [0.4, 0.5) is 11.5 Å². The van der Waals surface area contributed by atoms with Gasteiger partial charge < -0.3 is 9.80 Å². The van der Waals surface area contributed by atoms with Crippen molar-refractivity contribution in [1.29, 1.82) is 0 Å². The SMILES string of the molecule is Cc1nc(C(=O)N2CCCc3ccccc32)cc(N2CCC(C)CC2)n1. The summed E-state index contributed by atoms with van der Waals surface area (Å²) in [4.78, 5) is 26.4. The van der Waals surface area contributed by atoms with Gasteiger partial charge in [0.15, 0.2) is 0 Å². The van der Waals surface area contributed by atoms with Crippen molar-refractivity contribution in [1.82, 2.24) is 9.97 Å². The lowest BCUT2D eigenvalue weighted by Crippen LogP contribution is -2.37. The first kappa shape index (κ1) is 17.0. The minimum atomic E-state index is -0.0192. The number of piperidine rings is 1. The lowest BCUT2D eigenvalue weighted by Gasteiger charge is -2.32. The number of anilines is 2. The summed E-state index contributed by atoms with van der Waals surface area (Å²) < 4.78 is 0. The molecule has 5 nitrogen and oxygen atoms in total. The van der Waals surface area contributed by atoms with Crippen LogP contribution in [0.25, 0.3) is 0 Å². The van der Waals surface area contributed by atoms with E-state index < -0.39 is 0 Å². The average Bonchev–Trinajstić information content (AvgIpc) is 2.67. The Hall–Kier alpha value is -2.43. The van der Waals surface area contributed by atoms with Gasteiger partial charge in [0.2, 0.25) is 0 Å². The van der Waals surface area contributed by atoms with Gasteiger partial charge in [0, 0.05) is 31.4 Å². The number of benzene rings is 1. The Morgan fingerprint density at radius 1 is 1.12 bits per heavy atom. The van der Waals surface area contributed by atoms with Crippen molar-refractivity contribution in [2.45, 2.75) is 39.5 Å². The first-order valence-electron chi connectivity index (χ1n) is 9.62. The van der Waals surface area contributed by atoms with Crippen LogP contribution in [-0.4, -0.2) is 35.5 Å². The van der Waals surface area contributed by atoms with Crippen LogP contribution in [0.1, 0.15) is 48.1 Å². The van der Waals surface area contributed by atoms with Gasteiger partial charge in [-0.2, -0.15) is 0 Å². The third-order valence-corrected chi connectivity index (χ3v) is 5.51. The summed E-state index contributed by atoms with van der Waals surface area (Å²) in [5.74, 6) is 2.29. The van der Waals surface area contributed by atoms with Crippen LogP contribution < -0.4 is 9.80 Å². The number of aromatic nitrogens is 2. The second kappa shape index (κ2) is 7.06. The Bertz CT molecular complexity index is 811. The Morgan fingerprint density at radius 3 is 2.69 bits per heavy atom. The standard InChI is InChI=1S/C21H26N4O/c1-15-9-12-24(13-10-15)20-14-18(22-16(2)23-20)21(26)25-11-5-7-17-6-3-4-8-19(17)25/h3-4,6,8,14-15H,5,7,9-13H2,1-2H3. The van der Waals surface area contributed by atoms with E-state index in [1.165, 1.54) is 18.4 Å². The van der Waals surface area contributed by atoms with Crippen LogP contribution in [0, 0.1) is 12.8 Å². The van der Waals surface area contributed by atoms with E-state index in [4.69, 9.17) is 0 Å². The molecule has 2 aromatic rings. The van der Waals surface area contributed by atoms with E-state index in [2.05, 4.69) is 27.9 Å². The smallest absolute Gasteiger partial charge is 0.277 e. The number of amides is 1. The van der Waals surface area contributed by atoms with Gasteiger partial charge in [0.25, 0.3) is 5.91 Å². The predicted molar refractivity (Wildman–Crippen MR) is 104 cm³/mol. The molecular formula is C21H26N4O. The van der Waals surface area contributed by atoms with E-state index in [1.807, 2.05) is 36.1 Å². The molecule has 2 aliphatic heterocycles. The molecule has 1 aromatic heterocycles. The number of rotatable bonds is 2. The van der Waals surface area contributed by atoms with Crippen LogP contribution in [0.15, 0.2) is 30.3 Å². The molecule has 0 spiro atoms. The van der Waals surface area contributed by atoms with Gasteiger partial charge in [0.05, 0.1) is 0 Å². The molecular weight excluding hydrogens is 324 g/mol. The molecule has 5 heteroatoms. The number of hydrogen-bond donors (Lipinski definition) is 0. The highest BCUT2D eigenvalue weighted by molar-refractivity contribution is 6.05. The third kappa shape index (κ3) is 3.30. The van der Waals surface area contributed by atoms with Crippen molar-refractivity contribution in [2.24, 2.45) is 5.92 Å². The minimum absolute atomic E-state index is 0.0192. The van der Waals surface area contributed by atoms with Gasteiger partial charge in [-0.25, -0.2) is 9.97 Å². The summed E-state index contributed by atoms with van der Waals surface area (Å²) in [7, 11) is 0. The molecule has 2 aliphatic rings. The fraction of sp³-hybridized carbons (Fsp3) is 0.476. The molecule has 1 amide bonds. The first-order valence-corrected chi connectivity index (χ1v) is 9.62. The maximum absolute atomic E-state index is 13.2. The number of para-hydroxylation sites is 1. The molecule has 0 bridgehead atoms. The van der Waals surface area contributed by atoms with Crippen molar-refractivity contribution in [3.63, 3.8) is 0 Å². The molecule has 0 aliphatic carbocycles.